The first-order chi connectivity index (χ1) is 5.25. The largest absolute Gasteiger partial charge is 0.465 e. The average molecular weight is 306 g/mol. The minimum absolute atomic E-state index is 0. The number of halogens is 2. The van der Waals surface area contributed by atoms with Crippen LogP contribution in [0.2, 0.25) is 0 Å². The van der Waals surface area contributed by atoms with Crippen LogP contribution in [0.3, 0.4) is 0 Å². The molecular formula is C7H13ClINO2. The van der Waals surface area contributed by atoms with E-state index in [1.54, 1.807) is 0 Å². The summed E-state index contributed by atoms with van der Waals surface area (Å²) in [5.74, 6) is -0.0966. The van der Waals surface area contributed by atoms with Gasteiger partial charge in [-0.2, -0.15) is 0 Å². The van der Waals surface area contributed by atoms with Gasteiger partial charge >= 0.3 is 5.97 Å². The average Bonchev–Trinajstić information content (AvgIpc) is 1.87. The Bertz CT molecular complexity index is 156. The summed E-state index contributed by atoms with van der Waals surface area (Å²) < 4.78 is 7.93. The van der Waals surface area contributed by atoms with E-state index in [1.165, 1.54) is 0 Å². The number of carbonyl (C=O) groups is 1. The normalized spacial score (nSPS) is 18.8. The molecule has 3 nitrogen and oxygen atoms in total. The molecular weight excluding hydrogens is 292 g/mol. The molecule has 0 heterocycles. The molecule has 72 valence electrons. The van der Waals surface area contributed by atoms with Gasteiger partial charge in [-0.3, -0.25) is 4.79 Å². The van der Waals surface area contributed by atoms with Gasteiger partial charge in [-0.15, -0.1) is 12.4 Å². The van der Waals surface area contributed by atoms with Crippen LogP contribution in [0.4, 0.5) is 0 Å². The number of rotatable bonds is 3. The molecule has 5 heteroatoms. The van der Waals surface area contributed by atoms with Gasteiger partial charge in [0.2, 0.25) is 0 Å². The SMILES string of the molecule is CCOC(=O)C1(NI)CCC1.Cl. The second-order valence-electron chi connectivity index (χ2n) is 2.75. The Hall–Kier alpha value is 0.450. The number of ether oxygens (including phenoxy) is 1. The van der Waals surface area contributed by atoms with Crippen LogP contribution in [0.15, 0.2) is 0 Å². The first-order valence-electron chi connectivity index (χ1n) is 3.80. The van der Waals surface area contributed by atoms with Crippen molar-refractivity contribution in [2.75, 3.05) is 6.61 Å². The van der Waals surface area contributed by atoms with Crippen LogP contribution in [0, 0.1) is 0 Å². The summed E-state index contributed by atoms with van der Waals surface area (Å²) >= 11 is 2.02. The van der Waals surface area contributed by atoms with Crippen molar-refractivity contribution in [3.8, 4) is 0 Å². The summed E-state index contributed by atoms with van der Waals surface area (Å²) in [6, 6.07) is 0. The number of hydrogen-bond acceptors (Lipinski definition) is 3. The summed E-state index contributed by atoms with van der Waals surface area (Å²) in [6.45, 7) is 2.30. The molecule has 0 saturated heterocycles. The molecule has 1 rings (SSSR count). The first kappa shape index (κ1) is 12.4. The van der Waals surface area contributed by atoms with Crippen molar-refractivity contribution in [1.29, 1.82) is 0 Å². The second kappa shape index (κ2) is 5.24. The number of hydrogen-bond donors (Lipinski definition) is 1. The molecule has 0 bridgehead atoms. The smallest absolute Gasteiger partial charge is 0.327 e. The molecule has 0 aromatic carbocycles. The summed E-state index contributed by atoms with van der Waals surface area (Å²) in [5.41, 5.74) is -0.351. The fraction of sp³-hybridized carbons (Fsp3) is 0.857. The van der Waals surface area contributed by atoms with Crippen LogP contribution in [-0.4, -0.2) is 18.1 Å². The Kier molecular flexibility index (Phi) is 5.43. The van der Waals surface area contributed by atoms with Gasteiger partial charge in [0.25, 0.3) is 0 Å². The summed E-state index contributed by atoms with van der Waals surface area (Å²) in [7, 11) is 0. The highest BCUT2D eigenvalue weighted by Crippen LogP contribution is 2.33. The molecule has 0 spiro atoms. The maximum Gasteiger partial charge on any atom is 0.327 e. The molecule has 0 aromatic rings. The molecule has 1 N–H and O–H groups in total. The third-order valence-corrected chi connectivity index (χ3v) is 3.09. The highest BCUT2D eigenvalue weighted by molar-refractivity contribution is 14.1. The van der Waals surface area contributed by atoms with E-state index < -0.39 is 0 Å². The van der Waals surface area contributed by atoms with Crippen molar-refractivity contribution in [3.05, 3.63) is 0 Å². The fourth-order valence-electron chi connectivity index (χ4n) is 1.14. The van der Waals surface area contributed by atoms with Crippen molar-refractivity contribution in [1.82, 2.24) is 3.53 Å². The predicted octanol–water partition coefficient (Wildman–Crippen LogP) is 1.83. The minimum atomic E-state index is -0.351. The van der Waals surface area contributed by atoms with Crippen LogP contribution in [0.1, 0.15) is 26.2 Å². The number of esters is 1. The summed E-state index contributed by atoms with van der Waals surface area (Å²) in [6.07, 6.45) is 2.94. The third-order valence-electron chi connectivity index (χ3n) is 2.05. The van der Waals surface area contributed by atoms with E-state index in [-0.39, 0.29) is 23.9 Å². The van der Waals surface area contributed by atoms with Crippen LogP contribution in [0.25, 0.3) is 0 Å². The molecule has 0 unspecified atom stereocenters. The molecule has 0 aliphatic heterocycles. The predicted molar refractivity (Wildman–Crippen MR) is 57.6 cm³/mol. The number of carbonyl (C=O) groups excluding carboxylic acids is 1. The van der Waals surface area contributed by atoms with E-state index >= 15 is 0 Å². The molecule has 0 amide bonds. The quantitative estimate of drug-likeness (QED) is 0.491. The molecule has 0 aromatic heterocycles. The van der Waals surface area contributed by atoms with Crippen LogP contribution >= 0.6 is 35.3 Å². The van der Waals surface area contributed by atoms with Gasteiger partial charge in [0, 0.05) is 22.9 Å². The Balaban J connectivity index is 0.00000121. The van der Waals surface area contributed by atoms with Gasteiger partial charge in [-0.05, 0) is 26.2 Å². The van der Waals surface area contributed by atoms with E-state index in [1.807, 2.05) is 29.8 Å². The van der Waals surface area contributed by atoms with Crippen molar-refractivity contribution in [3.63, 3.8) is 0 Å². The van der Waals surface area contributed by atoms with E-state index in [0.717, 1.165) is 19.3 Å². The highest BCUT2D eigenvalue weighted by atomic mass is 127. The highest BCUT2D eigenvalue weighted by Gasteiger charge is 2.44. The van der Waals surface area contributed by atoms with Crippen molar-refractivity contribution < 1.29 is 9.53 Å². The lowest BCUT2D eigenvalue weighted by molar-refractivity contribution is -0.153. The molecule has 1 aliphatic rings. The van der Waals surface area contributed by atoms with Crippen molar-refractivity contribution >= 4 is 41.2 Å². The van der Waals surface area contributed by atoms with Crippen LogP contribution in [0.5, 0.6) is 0 Å². The van der Waals surface area contributed by atoms with Gasteiger partial charge in [0.1, 0.15) is 5.54 Å². The van der Waals surface area contributed by atoms with Gasteiger partial charge in [-0.25, -0.2) is 3.53 Å². The Morgan fingerprint density at radius 1 is 1.67 bits per heavy atom. The standard InChI is InChI=1S/C7H12INO2.ClH/c1-2-11-6(10)7(9-8)4-3-5-7;/h9H,2-5H2,1H3;1H. The minimum Gasteiger partial charge on any atom is -0.465 e. The summed E-state index contributed by atoms with van der Waals surface area (Å²) in [4.78, 5) is 11.3. The van der Waals surface area contributed by atoms with Gasteiger partial charge in [0.05, 0.1) is 6.61 Å². The third kappa shape index (κ3) is 2.23. The molecule has 1 fully saturated rings. The van der Waals surface area contributed by atoms with E-state index in [0.29, 0.717) is 6.61 Å². The molecule has 0 atom stereocenters. The zero-order valence-electron chi connectivity index (χ0n) is 6.93. The monoisotopic (exact) mass is 305 g/mol. The number of nitrogens with one attached hydrogen (secondary N) is 1. The van der Waals surface area contributed by atoms with Crippen molar-refractivity contribution in [2.45, 2.75) is 31.7 Å². The van der Waals surface area contributed by atoms with E-state index in [9.17, 15) is 4.79 Å². The molecule has 0 radical (unpaired) electrons. The van der Waals surface area contributed by atoms with Crippen LogP contribution < -0.4 is 3.53 Å². The maximum absolute atomic E-state index is 11.3. The van der Waals surface area contributed by atoms with Crippen LogP contribution in [-0.2, 0) is 9.53 Å². The lowest BCUT2D eigenvalue weighted by Crippen LogP contribution is -2.54. The zero-order chi connectivity index (χ0) is 8.32. The second-order valence-corrected chi connectivity index (χ2v) is 3.29. The lowest BCUT2D eigenvalue weighted by Gasteiger charge is -2.37. The van der Waals surface area contributed by atoms with Gasteiger partial charge in [-0.1, -0.05) is 0 Å². The summed E-state index contributed by atoms with van der Waals surface area (Å²) in [5, 5.41) is 0. The Morgan fingerprint density at radius 2 is 2.25 bits per heavy atom. The van der Waals surface area contributed by atoms with Gasteiger partial charge < -0.3 is 4.74 Å². The maximum atomic E-state index is 11.3. The molecule has 1 saturated carbocycles. The Labute approximate surface area is 92.5 Å². The fourth-order valence-corrected chi connectivity index (χ4v) is 1.90. The topological polar surface area (TPSA) is 38.3 Å². The van der Waals surface area contributed by atoms with E-state index in [2.05, 4.69) is 3.53 Å². The Morgan fingerprint density at radius 3 is 2.50 bits per heavy atom. The van der Waals surface area contributed by atoms with Gasteiger partial charge in [0.15, 0.2) is 0 Å². The van der Waals surface area contributed by atoms with Crippen molar-refractivity contribution in [2.24, 2.45) is 0 Å². The van der Waals surface area contributed by atoms with E-state index in [4.69, 9.17) is 4.74 Å². The lowest BCUT2D eigenvalue weighted by atomic mass is 9.78. The molecule has 12 heavy (non-hydrogen) atoms. The first-order valence-corrected chi connectivity index (χ1v) is 4.88. The molecule has 1 aliphatic carbocycles. The zero-order valence-corrected chi connectivity index (χ0v) is 9.91.